The number of hydrogen-bond donors (Lipinski definition) is 2. The number of amides is 1. The molecular weight excluding hydrogens is 248 g/mol. The summed E-state index contributed by atoms with van der Waals surface area (Å²) in [4.78, 5) is 11.9. The van der Waals surface area contributed by atoms with Gasteiger partial charge in [-0.2, -0.15) is 0 Å². The second-order valence-corrected chi connectivity index (χ2v) is 4.88. The van der Waals surface area contributed by atoms with Crippen LogP contribution in [0, 0.1) is 6.92 Å². The van der Waals surface area contributed by atoms with E-state index in [1.807, 2.05) is 49.4 Å². The number of benzene rings is 2. The van der Waals surface area contributed by atoms with Crippen molar-refractivity contribution in [2.24, 2.45) is 0 Å². The summed E-state index contributed by atoms with van der Waals surface area (Å²) in [6, 6.07) is 18.0. The normalized spacial score (nSPS) is 11.9. The Morgan fingerprint density at radius 2 is 1.70 bits per heavy atom. The zero-order valence-electron chi connectivity index (χ0n) is 11.9. The number of carbonyl (C=O) groups is 1. The maximum Gasteiger partial charge on any atom is 0.238 e. The number of nitrogens with one attached hydrogen (secondary N) is 2. The first kappa shape index (κ1) is 14.3. The van der Waals surface area contributed by atoms with Gasteiger partial charge in [-0.05, 0) is 31.0 Å². The molecule has 0 unspecified atom stereocenters. The van der Waals surface area contributed by atoms with E-state index in [9.17, 15) is 4.79 Å². The molecule has 0 fully saturated rings. The van der Waals surface area contributed by atoms with Crippen molar-refractivity contribution >= 4 is 11.6 Å². The third kappa shape index (κ3) is 3.93. The molecule has 2 N–H and O–H groups in total. The maximum absolute atomic E-state index is 11.9. The molecule has 0 spiro atoms. The van der Waals surface area contributed by atoms with Gasteiger partial charge in [0, 0.05) is 11.7 Å². The molecule has 0 saturated heterocycles. The Bertz CT molecular complexity index is 566. The van der Waals surface area contributed by atoms with E-state index >= 15 is 0 Å². The Kier molecular flexibility index (Phi) is 4.91. The highest BCUT2D eigenvalue weighted by atomic mass is 16.1. The van der Waals surface area contributed by atoms with Crippen molar-refractivity contribution in [2.75, 3.05) is 11.9 Å². The van der Waals surface area contributed by atoms with E-state index in [0.717, 1.165) is 11.3 Å². The van der Waals surface area contributed by atoms with Gasteiger partial charge in [-0.25, -0.2) is 0 Å². The molecule has 2 rings (SSSR count). The van der Waals surface area contributed by atoms with Crippen LogP contribution in [-0.2, 0) is 4.79 Å². The zero-order valence-corrected chi connectivity index (χ0v) is 11.9. The smallest absolute Gasteiger partial charge is 0.238 e. The van der Waals surface area contributed by atoms with Gasteiger partial charge in [-0.3, -0.25) is 4.79 Å². The van der Waals surface area contributed by atoms with Crippen molar-refractivity contribution in [2.45, 2.75) is 19.9 Å². The Morgan fingerprint density at radius 3 is 2.40 bits per heavy atom. The number of aryl methyl sites for hydroxylation is 1. The fraction of sp³-hybridized carbons (Fsp3) is 0.235. The fourth-order valence-corrected chi connectivity index (χ4v) is 2.01. The lowest BCUT2D eigenvalue weighted by Crippen LogP contribution is -2.30. The second kappa shape index (κ2) is 6.87. The highest BCUT2D eigenvalue weighted by Gasteiger charge is 2.08. The van der Waals surface area contributed by atoms with Gasteiger partial charge in [0.25, 0.3) is 0 Å². The summed E-state index contributed by atoms with van der Waals surface area (Å²) in [6.07, 6.45) is 0. The molecule has 3 nitrogen and oxygen atoms in total. The molecule has 20 heavy (non-hydrogen) atoms. The van der Waals surface area contributed by atoms with E-state index in [1.54, 1.807) is 0 Å². The fourth-order valence-electron chi connectivity index (χ4n) is 2.01. The second-order valence-electron chi connectivity index (χ2n) is 4.88. The number of rotatable bonds is 5. The summed E-state index contributed by atoms with van der Waals surface area (Å²) in [7, 11) is 0. The van der Waals surface area contributed by atoms with Crippen LogP contribution in [0.25, 0.3) is 0 Å². The summed E-state index contributed by atoms with van der Waals surface area (Å²) >= 11 is 0. The van der Waals surface area contributed by atoms with E-state index in [1.165, 1.54) is 5.56 Å². The third-order valence-electron chi connectivity index (χ3n) is 3.29. The van der Waals surface area contributed by atoms with Crippen LogP contribution in [-0.4, -0.2) is 12.5 Å². The lowest BCUT2D eigenvalue weighted by atomic mass is 10.1. The molecular formula is C17H20N2O. The monoisotopic (exact) mass is 268 g/mol. The van der Waals surface area contributed by atoms with Crippen molar-refractivity contribution in [3.8, 4) is 0 Å². The van der Waals surface area contributed by atoms with Crippen LogP contribution in [0.3, 0.4) is 0 Å². The van der Waals surface area contributed by atoms with Gasteiger partial charge in [0.1, 0.15) is 0 Å². The van der Waals surface area contributed by atoms with Crippen molar-refractivity contribution in [3.63, 3.8) is 0 Å². The molecule has 0 saturated carbocycles. The van der Waals surface area contributed by atoms with Crippen LogP contribution in [0.4, 0.5) is 5.69 Å². The minimum atomic E-state index is -0.0259. The Hall–Kier alpha value is -2.13. The Balaban J connectivity index is 1.85. The predicted octanol–water partition coefficient (Wildman–Crippen LogP) is 3.28. The van der Waals surface area contributed by atoms with Crippen molar-refractivity contribution < 1.29 is 4.79 Å². The number of anilines is 1. The summed E-state index contributed by atoms with van der Waals surface area (Å²) in [5, 5.41) is 6.14. The SMILES string of the molecule is Cc1ccccc1NC(=O)CN[C@H](C)c1ccccc1. The first-order valence-electron chi connectivity index (χ1n) is 6.80. The van der Waals surface area contributed by atoms with Gasteiger partial charge in [0.05, 0.1) is 6.54 Å². The molecule has 3 heteroatoms. The number of para-hydroxylation sites is 1. The summed E-state index contributed by atoms with van der Waals surface area (Å²) < 4.78 is 0. The van der Waals surface area contributed by atoms with Crippen molar-refractivity contribution in [3.05, 3.63) is 65.7 Å². The average Bonchev–Trinajstić information content (AvgIpc) is 2.48. The maximum atomic E-state index is 11.9. The largest absolute Gasteiger partial charge is 0.325 e. The van der Waals surface area contributed by atoms with E-state index in [4.69, 9.17) is 0 Å². The van der Waals surface area contributed by atoms with Crippen molar-refractivity contribution in [1.29, 1.82) is 0 Å². The molecule has 0 aliphatic carbocycles. The molecule has 0 bridgehead atoms. The van der Waals surface area contributed by atoms with Crippen LogP contribution in [0.1, 0.15) is 24.1 Å². The summed E-state index contributed by atoms with van der Waals surface area (Å²) in [5.74, 6) is -0.0259. The van der Waals surface area contributed by atoms with Gasteiger partial charge >= 0.3 is 0 Å². The minimum Gasteiger partial charge on any atom is -0.325 e. The molecule has 1 amide bonds. The lowest BCUT2D eigenvalue weighted by molar-refractivity contribution is -0.115. The highest BCUT2D eigenvalue weighted by molar-refractivity contribution is 5.92. The molecule has 2 aromatic rings. The van der Waals surface area contributed by atoms with E-state index in [-0.39, 0.29) is 11.9 Å². The topological polar surface area (TPSA) is 41.1 Å². The average molecular weight is 268 g/mol. The molecule has 0 aliphatic heterocycles. The van der Waals surface area contributed by atoms with Crippen LogP contribution in [0.15, 0.2) is 54.6 Å². The quantitative estimate of drug-likeness (QED) is 0.873. The minimum absolute atomic E-state index is 0.0259. The summed E-state index contributed by atoms with van der Waals surface area (Å²) in [5.41, 5.74) is 3.11. The van der Waals surface area contributed by atoms with E-state index in [2.05, 4.69) is 29.7 Å². The Labute approximate surface area is 120 Å². The van der Waals surface area contributed by atoms with E-state index in [0.29, 0.717) is 6.54 Å². The molecule has 104 valence electrons. The molecule has 2 aromatic carbocycles. The van der Waals surface area contributed by atoms with Gasteiger partial charge in [0.15, 0.2) is 0 Å². The predicted molar refractivity (Wildman–Crippen MR) is 82.7 cm³/mol. The van der Waals surface area contributed by atoms with Crippen LogP contribution in [0.5, 0.6) is 0 Å². The first-order chi connectivity index (χ1) is 9.66. The highest BCUT2D eigenvalue weighted by Crippen LogP contribution is 2.13. The van der Waals surface area contributed by atoms with Crippen LogP contribution in [0.2, 0.25) is 0 Å². The van der Waals surface area contributed by atoms with Crippen molar-refractivity contribution in [1.82, 2.24) is 5.32 Å². The molecule has 0 radical (unpaired) electrons. The van der Waals surface area contributed by atoms with Gasteiger partial charge in [-0.1, -0.05) is 48.5 Å². The van der Waals surface area contributed by atoms with Crippen LogP contribution >= 0.6 is 0 Å². The zero-order chi connectivity index (χ0) is 14.4. The lowest BCUT2D eigenvalue weighted by Gasteiger charge is -2.14. The molecule has 0 aliphatic rings. The molecule has 0 heterocycles. The Morgan fingerprint density at radius 1 is 1.05 bits per heavy atom. The standard InChI is InChI=1S/C17H20N2O/c1-13-8-6-7-11-16(13)19-17(20)12-18-14(2)15-9-4-3-5-10-15/h3-11,14,18H,12H2,1-2H3,(H,19,20)/t14-/m1/s1. The van der Waals surface area contributed by atoms with Gasteiger partial charge < -0.3 is 10.6 Å². The van der Waals surface area contributed by atoms with Crippen LogP contribution < -0.4 is 10.6 Å². The van der Waals surface area contributed by atoms with E-state index < -0.39 is 0 Å². The summed E-state index contributed by atoms with van der Waals surface area (Å²) in [6.45, 7) is 4.33. The van der Waals surface area contributed by atoms with Gasteiger partial charge in [-0.15, -0.1) is 0 Å². The number of carbonyl (C=O) groups excluding carboxylic acids is 1. The number of hydrogen-bond acceptors (Lipinski definition) is 2. The third-order valence-corrected chi connectivity index (χ3v) is 3.29. The molecule has 0 aromatic heterocycles. The molecule has 1 atom stereocenters. The first-order valence-corrected chi connectivity index (χ1v) is 6.80. The van der Waals surface area contributed by atoms with Gasteiger partial charge in [0.2, 0.25) is 5.91 Å².